The van der Waals surface area contributed by atoms with Crippen LogP contribution >= 0.6 is 0 Å². The van der Waals surface area contributed by atoms with Crippen molar-refractivity contribution < 1.29 is 4.74 Å². The summed E-state index contributed by atoms with van der Waals surface area (Å²) in [4.78, 5) is 6.92. The Bertz CT molecular complexity index is 622. The van der Waals surface area contributed by atoms with Gasteiger partial charge in [-0.15, -0.1) is 0 Å². The van der Waals surface area contributed by atoms with Gasteiger partial charge in [0.25, 0.3) is 0 Å². The number of nitrogens with two attached hydrogens (primary N) is 1. The minimum absolute atomic E-state index is 0.224. The number of nitrogens with zero attached hydrogens (tertiary/aromatic N) is 2. The molecule has 2 atom stereocenters. The Balaban J connectivity index is 1.90. The minimum atomic E-state index is 0.224. The highest BCUT2D eigenvalue weighted by Crippen LogP contribution is 2.26. The normalized spacial score (nSPS) is 20.3. The molecule has 2 unspecified atom stereocenters. The van der Waals surface area contributed by atoms with Crippen LogP contribution in [0.5, 0.6) is 0 Å². The third-order valence-electron chi connectivity index (χ3n) is 4.43. The molecule has 2 aromatic rings. The molecule has 0 radical (unpaired) electrons. The number of hydrogen-bond acceptors (Lipinski definition) is 4. The largest absolute Gasteiger partial charge is 0.380 e. The standard InChI is InChI=1S/C17H23N3O/c1-12-3-4-13-9-14(5-6-16(13)19-12)17(10-18)20(2)15-7-8-21-11-15/h3-6,9,15,17H,7-8,10-11,18H2,1-2H3. The van der Waals surface area contributed by atoms with Crippen molar-refractivity contribution in [3.8, 4) is 0 Å². The van der Waals surface area contributed by atoms with Crippen molar-refractivity contribution >= 4 is 10.9 Å². The average Bonchev–Trinajstić information content (AvgIpc) is 3.02. The van der Waals surface area contributed by atoms with Crippen LogP contribution in [0, 0.1) is 6.92 Å². The van der Waals surface area contributed by atoms with Gasteiger partial charge in [-0.3, -0.25) is 9.88 Å². The fraction of sp³-hybridized carbons (Fsp3) is 0.471. The van der Waals surface area contributed by atoms with Crippen molar-refractivity contribution in [2.45, 2.75) is 25.4 Å². The van der Waals surface area contributed by atoms with Crippen molar-refractivity contribution in [1.29, 1.82) is 0 Å². The van der Waals surface area contributed by atoms with Gasteiger partial charge in [-0.2, -0.15) is 0 Å². The van der Waals surface area contributed by atoms with Crippen LogP contribution in [0.25, 0.3) is 10.9 Å². The van der Waals surface area contributed by atoms with Gasteiger partial charge < -0.3 is 10.5 Å². The maximum absolute atomic E-state index is 6.04. The number of likely N-dealkylation sites (N-methyl/N-ethyl adjacent to an activating group) is 1. The third kappa shape index (κ3) is 2.93. The summed E-state index contributed by atoms with van der Waals surface area (Å²) in [6.07, 6.45) is 1.08. The van der Waals surface area contributed by atoms with E-state index in [9.17, 15) is 0 Å². The van der Waals surface area contributed by atoms with Gasteiger partial charge in [-0.05, 0) is 44.2 Å². The Morgan fingerprint density at radius 2 is 2.24 bits per heavy atom. The van der Waals surface area contributed by atoms with Gasteiger partial charge in [0.15, 0.2) is 0 Å². The zero-order chi connectivity index (χ0) is 14.8. The summed E-state index contributed by atoms with van der Waals surface area (Å²) in [7, 11) is 2.15. The summed E-state index contributed by atoms with van der Waals surface area (Å²) in [5.74, 6) is 0. The van der Waals surface area contributed by atoms with E-state index in [1.165, 1.54) is 10.9 Å². The molecule has 1 aliphatic heterocycles. The molecule has 4 heteroatoms. The Kier molecular flexibility index (Phi) is 4.19. The molecule has 2 N–H and O–H groups in total. The highest BCUT2D eigenvalue weighted by atomic mass is 16.5. The molecule has 0 aliphatic carbocycles. The molecule has 0 bridgehead atoms. The molecule has 4 nitrogen and oxygen atoms in total. The first kappa shape index (κ1) is 14.4. The van der Waals surface area contributed by atoms with Gasteiger partial charge in [0.05, 0.1) is 12.1 Å². The van der Waals surface area contributed by atoms with Crippen molar-refractivity contribution in [3.63, 3.8) is 0 Å². The highest BCUT2D eigenvalue weighted by Gasteiger charge is 2.26. The van der Waals surface area contributed by atoms with Gasteiger partial charge in [-0.1, -0.05) is 12.1 Å². The molecule has 3 rings (SSSR count). The summed E-state index contributed by atoms with van der Waals surface area (Å²) < 4.78 is 5.50. The van der Waals surface area contributed by atoms with Crippen LogP contribution < -0.4 is 5.73 Å². The summed E-state index contributed by atoms with van der Waals surface area (Å²) in [5, 5.41) is 1.17. The lowest BCUT2D eigenvalue weighted by molar-refractivity contribution is 0.134. The second-order valence-corrected chi connectivity index (χ2v) is 5.84. The summed E-state index contributed by atoms with van der Waals surface area (Å²) >= 11 is 0. The van der Waals surface area contributed by atoms with E-state index in [1.807, 2.05) is 6.92 Å². The van der Waals surface area contributed by atoms with Crippen LogP contribution in [-0.4, -0.2) is 42.7 Å². The lowest BCUT2D eigenvalue weighted by Crippen LogP contribution is -2.38. The summed E-state index contributed by atoms with van der Waals surface area (Å²) in [6.45, 7) is 4.29. The monoisotopic (exact) mass is 285 g/mol. The minimum Gasteiger partial charge on any atom is -0.380 e. The van der Waals surface area contributed by atoms with Crippen LogP contribution in [0.3, 0.4) is 0 Å². The fourth-order valence-electron chi connectivity index (χ4n) is 3.09. The van der Waals surface area contributed by atoms with Gasteiger partial charge in [0, 0.05) is 36.3 Å². The van der Waals surface area contributed by atoms with E-state index >= 15 is 0 Å². The van der Waals surface area contributed by atoms with Crippen molar-refractivity contribution in [2.24, 2.45) is 5.73 Å². The Labute approximate surface area is 125 Å². The molecule has 0 amide bonds. The zero-order valence-electron chi connectivity index (χ0n) is 12.7. The molecule has 1 aromatic carbocycles. The Morgan fingerprint density at radius 1 is 1.38 bits per heavy atom. The second-order valence-electron chi connectivity index (χ2n) is 5.84. The molecule has 21 heavy (non-hydrogen) atoms. The van der Waals surface area contributed by atoms with Crippen molar-refractivity contribution in [2.75, 3.05) is 26.8 Å². The smallest absolute Gasteiger partial charge is 0.0705 e. The van der Waals surface area contributed by atoms with Crippen LogP contribution in [0.2, 0.25) is 0 Å². The van der Waals surface area contributed by atoms with E-state index in [4.69, 9.17) is 10.5 Å². The van der Waals surface area contributed by atoms with E-state index in [-0.39, 0.29) is 6.04 Å². The molecule has 0 saturated carbocycles. The molecule has 1 aromatic heterocycles. The van der Waals surface area contributed by atoms with Crippen LogP contribution in [0.1, 0.15) is 23.7 Å². The number of fused-ring (bicyclic) bond motifs is 1. The first-order chi connectivity index (χ1) is 10.2. The fourth-order valence-corrected chi connectivity index (χ4v) is 3.09. The van der Waals surface area contributed by atoms with Crippen molar-refractivity contribution in [1.82, 2.24) is 9.88 Å². The molecule has 2 heterocycles. The molecular weight excluding hydrogens is 262 g/mol. The molecule has 112 valence electrons. The first-order valence-electron chi connectivity index (χ1n) is 7.56. The van der Waals surface area contributed by atoms with Crippen LogP contribution in [0.4, 0.5) is 0 Å². The predicted molar refractivity (Wildman–Crippen MR) is 85.3 cm³/mol. The van der Waals surface area contributed by atoms with E-state index in [0.29, 0.717) is 12.6 Å². The average molecular weight is 285 g/mol. The van der Waals surface area contributed by atoms with Gasteiger partial charge in [-0.25, -0.2) is 0 Å². The van der Waals surface area contributed by atoms with E-state index in [2.05, 4.69) is 47.3 Å². The Morgan fingerprint density at radius 3 is 2.95 bits per heavy atom. The van der Waals surface area contributed by atoms with Gasteiger partial charge in [0.1, 0.15) is 0 Å². The van der Waals surface area contributed by atoms with Gasteiger partial charge >= 0.3 is 0 Å². The predicted octanol–water partition coefficient (Wildman–Crippen LogP) is 2.26. The molecule has 1 saturated heterocycles. The lowest BCUT2D eigenvalue weighted by Gasteiger charge is -2.32. The van der Waals surface area contributed by atoms with E-state index in [0.717, 1.165) is 30.8 Å². The number of aromatic nitrogens is 1. The molecule has 1 fully saturated rings. The van der Waals surface area contributed by atoms with Crippen LogP contribution in [-0.2, 0) is 4.74 Å². The summed E-state index contributed by atoms with van der Waals surface area (Å²) in [5.41, 5.74) is 9.39. The van der Waals surface area contributed by atoms with Gasteiger partial charge in [0.2, 0.25) is 0 Å². The number of pyridine rings is 1. The number of rotatable bonds is 4. The number of hydrogen-bond donors (Lipinski definition) is 1. The van der Waals surface area contributed by atoms with Crippen LogP contribution in [0.15, 0.2) is 30.3 Å². The number of ether oxygens (including phenoxy) is 1. The zero-order valence-corrected chi connectivity index (χ0v) is 12.7. The number of benzene rings is 1. The molecule has 0 spiro atoms. The highest BCUT2D eigenvalue weighted by molar-refractivity contribution is 5.79. The summed E-state index contributed by atoms with van der Waals surface area (Å²) in [6, 6.07) is 11.3. The quantitative estimate of drug-likeness (QED) is 0.936. The maximum Gasteiger partial charge on any atom is 0.0705 e. The maximum atomic E-state index is 6.04. The Hall–Kier alpha value is -1.49. The van der Waals surface area contributed by atoms with Crippen molar-refractivity contribution in [3.05, 3.63) is 41.6 Å². The lowest BCUT2D eigenvalue weighted by atomic mass is 10.0. The molecular formula is C17H23N3O. The number of aryl methyl sites for hydroxylation is 1. The second kappa shape index (κ2) is 6.10. The van der Waals surface area contributed by atoms with E-state index < -0.39 is 0 Å². The SMILES string of the molecule is Cc1ccc2cc(C(CN)N(C)C3CCOC3)ccc2n1. The topological polar surface area (TPSA) is 51.4 Å². The van der Waals surface area contributed by atoms with E-state index in [1.54, 1.807) is 0 Å². The third-order valence-corrected chi connectivity index (χ3v) is 4.43. The first-order valence-corrected chi connectivity index (χ1v) is 7.56. The molecule has 1 aliphatic rings.